The van der Waals surface area contributed by atoms with Crippen LogP contribution in [0.4, 0.5) is 5.69 Å². The Bertz CT molecular complexity index is 1400. The van der Waals surface area contributed by atoms with Crippen molar-refractivity contribution in [1.29, 1.82) is 0 Å². The van der Waals surface area contributed by atoms with Crippen molar-refractivity contribution in [3.63, 3.8) is 0 Å². The normalized spacial score (nSPS) is 12.0. The number of nitrogens with zero attached hydrogens (tertiary/aromatic N) is 2. The van der Waals surface area contributed by atoms with Gasteiger partial charge >= 0.3 is 0 Å². The molecule has 0 aliphatic heterocycles. The lowest BCUT2D eigenvalue weighted by Gasteiger charge is -2.33. The van der Waals surface area contributed by atoms with Crippen LogP contribution in [-0.4, -0.2) is 44.3 Å². The highest BCUT2D eigenvalue weighted by Crippen LogP contribution is 2.30. The minimum atomic E-state index is -4.16. The molecule has 214 valence electrons. The van der Waals surface area contributed by atoms with E-state index in [0.29, 0.717) is 28.6 Å². The first-order valence-corrected chi connectivity index (χ1v) is 15.4. The summed E-state index contributed by atoms with van der Waals surface area (Å²) in [6.45, 7) is 5.68. The Morgan fingerprint density at radius 3 is 2.20 bits per heavy atom. The summed E-state index contributed by atoms with van der Waals surface area (Å²) in [5.41, 5.74) is 1.68. The Kier molecular flexibility index (Phi) is 11.4. The third-order valence-electron chi connectivity index (χ3n) is 6.53. The fourth-order valence-electron chi connectivity index (χ4n) is 4.30. The summed E-state index contributed by atoms with van der Waals surface area (Å²) in [4.78, 5) is 28.8. The summed E-state index contributed by atoms with van der Waals surface area (Å²) < 4.78 is 28.9. The summed E-state index contributed by atoms with van der Waals surface area (Å²) in [6, 6.07) is 19.0. The highest BCUT2D eigenvalue weighted by molar-refractivity contribution is 7.92. The van der Waals surface area contributed by atoms with Crippen molar-refractivity contribution in [1.82, 2.24) is 10.2 Å². The van der Waals surface area contributed by atoms with Gasteiger partial charge in [-0.25, -0.2) is 8.42 Å². The summed E-state index contributed by atoms with van der Waals surface area (Å²) in [5, 5.41) is 3.80. The largest absolute Gasteiger partial charge is 0.354 e. The van der Waals surface area contributed by atoms with Gasteiger partial charge in [0, 0.05) is 23.1 Å². The average Bonchev–Trinajstić information content (AvgIpc) is 2.94. The molecule has 0 saturated carbocycles. The summed E-state index contributed by atoms with van der Waals surface area (Å²) in [5.74, 6) is -0.805. The van der Waals surface area contributed by atoms with Gasteiger partial charge in [0.2, 0.25) is 11.8 Å². The molecule has 3 aromatic rings. The first-order chi connectivity index (χ1) is 19.1. The Balaban J connectivity index is 2.06. The topological polar surface area (TPSA) is 86.8 Å². The number of unbranched alkanes of at least 4 members (excludes halogenated alkanes) is 1. The van der Waals surface area contributed by atoms with Gasteiger partial charge in [-0.15, -0.1) is 0 Å². The maximum absolute atomic E-state index is 14.1. The number of carbonyl (C=O) groups is 2. The number of rotatable bonds is 13. The number of nitrogens with one attached hydrogen (secondary N) is 1. The lowest BCUT2D eigenvalue weighted by Crippen LogP contribution is -2.52. The van der Waals surface area contributed by atoms with E-state index in [1.54, 1.807) is 61.5 Å². The zero-order valence-corrected chi connectivity index (χ0v) is 25.3. The maximum atomic E-state index is 14.1. The smallest absolute Gasteiger partial charge is 0.264 e. The van der Waals surface area contributed by atoms with E-state index in [-0.39, 0.29) is 23.0 Å². The van der Waals surface area contributed by atoms with E-state index in [9.17, 15) is 18.0 Å². The van der Waals surface area contributed by atoms with Crippen molar-refractivity contribution < 1.29 is 18.0 Å². The first kappa shape index (κ1) is 31.5. The zero-order valence-electron chi connectivity index (χ0n) is 22.9. The molecular formula is C30H35Cl2N3O4S. The molecule has 0 bridgehead atoms. The number of hydrogen-bond acceptors (Lipinski definition) is 4. The van der Waals surface area contributed by atoms with Crippen LogP contribution in [0.5, 0.6) is 0 Å². The van der Waals surface area contributed by atoms with Crippen molar-refractivity contribution in [2.45, 2.75) is 57.5 Å². The van der Waals surface area contributed by atoms with Crippen LogP contribution in [0, 0.1) is 6.92 Å². The van der Waals surface area contributed by atoms with E-state index in [2.05, 4.69) is 5.32 Å². The molecule has 7 nitrogen and oxygen atoms in total. The van der Waals surface area contributed by atoms with Gasteiger partial charge in [0.15, 0.2) is 0 Å². The number of hydrogen-bond donors (Lipinski definition) is 1. The van der Waals surface area contributed by atoms with Crippen LogP contribution in [0.15, 0.2) is 77.7 Å². The summed E-state index contributed by atoms with van der Waals surface area (Å²) in [7, 11) is -4.16. The van der Waals surface area contributed by atoms with Crippen molar-refractivity contribution in [3.05, 3.63) is 94.0 Å². The van der Waals surface area contributed by atoms with Gasteiger partial charge in [0.05, 0.1) is 10.6 Å². The van der Waals surface area contributed by atoms with Crippen LogP contribution >= 0.6 is 23.2 Å². The van der Waals surface area contributed by atoms with Crippen LogP contribution < -0.4 is 9.62 Å². The summed E-state index contributed by atoms with van der Waals surface area (Å²) in [6.07, 6.45) is 2.07. The van der Waals surface area contributed by atoms with Gasteiger partial charge in [-0.3, -0.25) is 13.9 Å². The number of sulfonamides is 1. The highest BCUT2D eigenvalue weighted by Gasteiger charge is 2.34. The molecule has 3 rings (SSSR count). The van der Waals surface area contributed by atoms with Gasteiger partial charge in [-0.1, -0.05) is 79.9 Å². The molecular weight excluding hydrogens is 569 g/mol. The lowest BCUT2D eigenvalue weighted by atomic mass is 10.1. The van der Waals surface area contributed by atoms with E-state index in [4.69, 9.17) is 23.2 Å². The molecule has 0 fully saturated rings. The van der Waals surface area contributed by atoms with Crippen LogP contribution in [-0.2, 0) is 26.2 Å². The molecule has 0 spiro atoms. The van der Waals surface area contributed by atoms with Gasteiger partial charge in [0.25, 0.3) is 10.0 Å². The van der Waals surface area contributed by atoms with Crippen LogP contribution in [0.1, 0.15) is 44.2 Å². The van der Waals surface area contributed by atoms with Crippen LogP contribution in [0.25, 0.3) is 0 Å². The Hall–Kier alpha value is -3.07. The molecule has 0 unspecified atom stereocenters. The monoisotopic (exact) mass is 603 g/mol. The van der Waals surface area contributed by atoms with Crippen LogP contribution in [0.2, 0.25) is 10.0 Å². The molecule has 40 heavy (non-hydrogen) atoms. The molecule has 10 heteroatoms. The second kappa shape index (κ2) is 14.5. The summed E-state index contributed by atoms with van der Waals surface area (Å²) >= 11 is 12.3. The van der Waals surface area contributed by atoms with Crippen molar-refractivity contribution in [2.24, 2.45) is 0 Å². The molecule has 1 atom stereocenters. The molecule has 0 aliphatic carbocycles. The van der Waals surface area contributed by atoms with Crippen molar-refractivity contribution >= 4 is 50.7 Å². The Morgan fingerprint density at radius 2 is 1.57 bits per heavy atom. The predicted octanol–water partition coefficient (Wildman–Crippen LogP) is 6.22. The third kappa shape index (κ3) is 7.99. The average molecular weight is 605 g/mol. The first-order valence-electron chi connectivity index (χ1n) is 13.2. The number of aryl methyl sites for hydroxylation is 1. The molecule has 3 aromatic carbocycles. The number of anilines is 1. The number of benzene rings is 3. The van der Waals surface area contributed by atoms with Crippen molar-refractivity contribution in [2.75, 3.05) is 17.4 Å². The van der Waals surface area contributed by atoms with Gasteiger partial charge < -0.3 is 10.2 Å². The maximum Gasteiger partial charge on any atom is 0.264 e. The number of halogens is 2. The van der Waals surface area contributed by atoms with Gasteiger partial charge in [0.1, 0.15) is 12.6 Å². The second-order valence-electron chi connectivity index (χ2n) is 9.47. The minimum Gasteiger partial charge on any atom is -0.354 e. The van der Waals surface area contributed by atoms with Gasteiger partial charge in [-0.05, 0) is 67.3 Å². The van der Waals surface area contributed by atoms with Gasteiger partial charge in [-0.2, -0.15) is 0 Å². The van der Waals surface area contributed by atoms with E-state index in [0.717, 1.165) is 22.7 Å². The third-order valence-corrected chi connectivity index (χ3v) is 8.79. The highest BCUT2D eigenvalue weighted by atomic mass is 35.5. The van der Waals surface area contributed by atoms with Crippen LogP contribution in [0.3, 0.4) is 0 Å². The fourth-order valence-corrected chi connectivity index (χ4v) is 6.08. The Labute approximate surface area is 247 Å². The van der Waals surface area contributed by atoms with E-state index in [1.807, 2.05) is 13.8 Å². The number of amides is 2. The molecule has 0 aliphatic rings. The standard InChI is InChI=1S/C30H35Cl2N3O4S/c1-4-6-18-33-30(37)27(5-2)34(20-23-13-16-24(31)17-14-23)29(36)21-35(28-19-25(32)15-12-22(28)3)40(38,39)26-10-8-7-9-11-26/h7-17,19,27H,4-6,18,20-21H2,1-3H3,(H,33,37)/t27-/m1/s1. The SMILES string of the molecule is CCCCNC(=O)[C@@H](CC)N(Cc1ccc(Cl)cc1)C(=O)CN(c1cc(Cl)ccc1C)S(=O)(=O)c1ccccc1. The predicted molar refractivity (Wildman–Crippen MR) is 161 cm³/mol. The molecule has 0 saturated heterocycles. The Morgan fingerprint density at radius 1 is 0.925 bits per heavy atom. The molecule has 0 aromatic heterocycles. The quantitative estimate of drug-likeness (QED) is 0.235. The second-order valence-corrected chi connectivity index (χ2v) is 12.2. The van der Waals surface area contributed by atoms with Crippen molar-refractivity contribution in [3.8, 4) is 0 Å². The van der Waals surface area contributed by atoms with E-state index >= 15 is 0 Å². The molecule has 0 heterocycles. The number of carbonyl (C=O) groups excluding carboxylic acids is 2. The van der Waals surface area contributed by atoms with E-state index in [1.165, 1.54) is 23.1 Å². The fraction of sp³-hybridized carbons (Fsp3) is 0.333. The lowest BCUT2D eigenvalue weighted by molar-refractivity contribution is -0.140. The molecule has 0 radical (unpaired) electrons. The minimum absolute atomic E-state index is 0.0378. The van der Waals surface area contributed by atoms with E-state index < -0.39 is 28.5 Å². The molecule has 2 amide bonds. The zero-order chi connectivity index (χ0) is 29.3. The molecule has 1 N–H and O–H groups in total.